The molecule has 0 bridgehead atoms. The highest BCUT2D eigenvalue weighted by Gasteiger charge is 2.11. The summed E-state index contributed by atoms with van der Waals surface area (Å²) in [6.45, 7) is 0.700. The maximum atomic E-state index is 12.0. The van der Waals surface area contributed by atoms with Crippen molar-refractivity contribution in [1.82, 2.24) is 15.4 Å². The molecule has 0 fully saturated rings. The van der Waals surface area contributed by atoms with Crippen molar-refractivity contribution in [3.8, 4) is 0 Å². The molecule has 0 atom stereocenters. The van der Waals surface area contributed by atoms with E-state index in [0.717, 1.165) is 5.69 Å². The van der Waals surface area contributed by atoms with E-state index in [9.17, 15) is 8.78 Å². The van der Waals surface area contributed by atoms with Crippen LogP contribution in [0.15, 0.2) is 10.6 Å². The third kappa shape index (κ3) is 4.35. The predicted octanol–water partition coefficient (Wildman–Crippen LogP) is 1.09. The summed E-state index contributed by atoms with van der Waals surface area (Å²) in [5.41, 5.74) is 0.776. The quantitative estimate of drug-likeness (QED) is 0.777. The Morgan fingerprint density at radius 1 is 1.60 bits per heavy atom. The molecule has 0 radical (unpaired) electrons. The summed E-state index contributed by atoms with van der Waals surface area (Å²) in [6, 6.07) is 1.76. The molecule has 6 heteroatoms. The van der Waals surface area contributed by atoms with E-state index in [-0.39, 0.29) is 6.54 Å². The first-order valence-electron chi connectivity index (χ1n) is 4.67. The van der Waals surface area contributed by atoms with Crippen molar-refractivity contribution < 1.29 is 13.3 Å². The van der Waals surface area contributed by atoms with Crippen LogP contribution in [0.1, 0.15) is 11.5 Å². The number of aromatic nitrogens is 1. The normalized spacial score (nSPS) is 11.6. The van der Waals surface area contributed by atoms with Crippen molar-refractivity contribution in [3.05, 3.63) is 17.5 Å². The van der Waals surface area contributed by atoms with Crippen molar-refractivity contribution in [2.75, 3.05) is 20.6 Å². The van der Waals surface area contributed by atoms with Gasteiger partial charge in [-0.2, -0.15) is 0 Å². The Morgan fingerprint density at radius 3 is 2.93 bits per heavy atom. The molecule has 1 heterocycles. The van der Waals surface area contributed by atoms with E-state index in [0.29, 0.717) is 18.8 Å². The second-order valence-corrected chi connectivity index (χ2v) is 3.40. The first-order valence-corrected chi connectivity index (χ1v) is 4.67. The summed E-state index contributed by atoms with van der Waals surface area (Å²) in [4.78, 5) is 1.49. The van der Waals surface area contributed by atoms with Gasteiger partial charge in [-0.05, 0) is 14.1 Å². The topological polar surface area (TPSA) is 41.3 Å². The number of halogens is 2. The lowest BCUT2D eigenvalue weighted by atomic mass is 10.3. The van der Waals surface area contributed by atoms with Gasteiger partial charge in [-0.15, -0.1) is 0 Å². The van der Waals surface area contributed by atoms with Crippen molar-refractivity contribution >= 4 is 0 Å². The van der Waals surface area contributed by atoms with Crippen LogP contribution < -0.4 is 5.32 Å². The number of hydrogen-bond acceptors (Lipinski definition) is 4. The Morgan fingerprint density at radius 2 is 2.33 bits per heavy atom. The average Bonchev–Trinajstić information content (AvgIpc) is 2.51. The number of nitrogens with zero attached hydrogens (tertiary/aromatic N) is 2. The molecule has 0 amide bonds. The van der Waals surface area contributed by atoms with Gasteiger partial charge >= 0.3 is 0 Å². The van der Waals surface area contributed by atoms with Gasteiger partial charge < -0.3 is 9.84 Å². The molecule has 86 valence electrons. The SMILES string of the molecule is CNCc1cc(CN(C)CC(F)F)on1. The third-order valence-corrected chi connectivity index (χ3v) is 1.84. The minimum Gasteiger partial charge on any atom is -0.360 e. The van der Waals surface area contributed by atoms with Crippen LogP contribution in [0.5, 0.6) is 0 Å². The fourth-order valence-corrected chi connectivity index (χ4v) is 1.26. The highest BCUT2D eigenvalue weighted by Crippen LogP contribution is 2.07. The summed E-state index contributed by atoms with van der Waals surface area (Å²) in [6.07, 6.45) is -2.32. The summed E-state index contributed by atoms with van der Waals surface area (Å²) < 4.78 is 29.0. The number of rotatable bonds is 6. The van der Waals surface area contributed by atoms with Crippen molar-refractivity contribution in [2.24, 2.45) is 0 Å². The van der Waals surface area contributed by atoms with Gasteiger partial charge in [0.2, 0.25) is 0 Å². The van der Waals surface area contributed by atoms with Gasteiger partial charge in [0.1, 0.15) is 0 Å². The second kappa shape index (κ2) is 5.77. The molecule has 0 aromatic carbocycles. The van der Waals surface area contributed by atoms with E-state index in [4.69, 9.17) is 4.52 Å². The smallest absolute Gasteiger partial charge is 0.251 e. The van der Waals surface area contributed by atoms with Gasteiger partial charge in [0, 0.05) is 12.6 Å². The molecular formula is C9H15F2N3O. The summed E-state index contributed by atoms with van der Waals surface area (Å²) in [7, 11) is 3.42. The lowest BCUT2D eigenvalue weighted by Gasteiger charge is -2.12. The zero-order chi connectivity index (χ0) is 11.3. The lowest BCUT2D eigenvalue weighted by molar-refractivity contribution is 0.0935. The first kappa shape index (κ1) is 12.1. The first-order chi connectivity index (χ1) is 7.11. The minimum absolute atomic E-state index is 0.262. The zero-order valence-electron chi connectivity index (χ0n) is 8.83. The molecule has 1 N–H and O–H groups in total. The molecular weight excluding hydrogens is 204 g/mol. The molecule has 0 unspecified atom stereocenters. The van der Waals surface area contributed by atoms with Gasteiger partial charge in [-0.3, -0.25) is 4.90 Å². The van der Waals surface area contributed by atoms with Crippen LogP contribution in [0.2, 0.25) is 0 Å². The standard InChI is InChI=1S/C9H15F2N3O/c1-12-4-7-3-8(15-13-7)5-14(2)6-9(10)11/h3,9,12H,4-6H2,1-2H3. The fourth-order valence-electron chi connectivity index (χ4n) is 1.26. The molecule has 1 rings (SSSR count). The number of alkyl halides is 2. The molecule has 0 aliphatic rings. The van der Waals surface area contributed by atoms with Crippen LogP contribution in [0.4, 0.5) is 8.78 Å². The van der Waals surface area contributed by atoms with Crippen LogP contribution in [-0.2, 0) is 13.1 Å². The Kier molecular flexibility index (Phi) is 4.64. The molecule has 0 aliphatic heterocycles. The van der Waals surface area contributed by atoms with Crippen molar-refractivity contribution in [3.63, 3.8) is 0 Å². The van der Waals surface area contributed by atoms with Crippen LogP contribution in [0.3, 0.4) is 0 Å². The molecule has 15 heavy (non-hydrogen) atoms. The predicted molar refractivity (Wildman–Crippen MR) is 51.6 cm³/mol. The Bertz CT molecular complexity index is 291. The van der Waals surface area contributed by atoms with Crippen LogP contribution in [0.25, 0.3) is 0 Å². The largest absolute Gasteiger partial charge is 0.360 e. The molecule has 0 saturated carbocycles. The van der Waals surface area contributed by atoms with Gasteiger partial charge in [0.05, 0.1) is 18.8 Å². The van der Waals surface area contributed by atoms with Crippen LogP contribution in [-0.4, -0.2) is 37.1 Å². The monoisotopic (exact) mass is 219 g/mol. The Labute approximate surface area is 87.2 Å². The zero-order valence-corrected chi connectivity index (χ0v) is 8.83. The van der Waals surface area contributed by atoms with E-state index in [1.54, 1.807) is 20.2 Å². The highest BCUT2D eigenvalue weighted by molar-refractivity contribution is 5.04. The van der Waals surface area contributed by atoms with E-state index >= 15 is 0 Å². The van der Waals surface area contributed by atoms with Gasteiger partial charge in [-0.1, -0.05) is 5.16 Å². The number of nitrogens with one attached hydrogen (secondary N) is 1. The van der Waals surface area contributed by atoms with Gasteiger partial charge in [-0.25, -0.2) is 8.78 Å². The van der Waals surface area contributed by atoms with Crippen molar-refractivity contribution in [1.29, 1.82) is 0 Å². The van der Waals surface area contributed by atoms with E-state index in [2.05, 4.69) is 10.5 Å². The molecule has 4 nitrogen and oxygen atoms in total. The Hall–Kier alpha value is -1.01. The Balaban J connectivity index is 2.42. The van der Waals surface area contributed by atoms with Gasteiger partial charge in [0.15, 0.2) is 5.76 Å². The second-order valence-electron chi connectivity index (χ2n) is 3.40. The van der Waals surface area contributed by atoms with Crippen LogP contribution >= 0.6 is 0 Å². The summed E-state index contributed by atoms with van der Waals surface area (Å²) in [5.74, 6) is 0.600. The number of hydrogen-bond donors (Lipinski definition) is 1. The van der Waals surface area contributed by atoms with E-state index in [1.807, 2.05) is 0 Å². The lowest BCUT2D eigenvalue weighted by Crippen LogP contribution is -2.23. The molecule has 0 spiro atoms. The molecule has 0 aliphatic carbocycles. The molecule has 1 aromatic rings. The fraction of sp³-hybridized carbons (Fsp3) is 0.667. The van der Waals surface area contributed by atoms with Gasteiger partial charge in [0.25, 0.3) is 6.43 Å². The van der Waals surface area contributed by atoms with Crippen molar-refractivity contribution in [2.45, 2.75) is 19.5 Å². The minimum atomic E-state index is -2.32. The maximum absolute atomic E-state index is 12.0. The molecule has 1 aromatic heterocycles. The average molecular weight is 219 g/mol. The highest BCUT2D eigenvalue weighted by atomic mass is 19.3. The summed E-state index contributed by atoms with van der Waals surface area (Å²) in [5, 5.41) is 6.71. The van der Waals surface area contributed by atoms with E-state index < -0.39 is 6.43 Å². The van der Waals surface area contributed by atoms with Crippen LogP contribution in [0, 0.1) is 0 Å². The molecule has 0 saturated heterocycles. The summed E-state index contributed by atoms with van der Waals surface area (Å²) >= 11 is 0. The van der Waals surface area contributed by atoms with E-state index in [1.165, 1.54) is 4.90 Å². The third-order valence-electron chi connectivity index (χ3n) is 1.84. The maximum Gasteiger partial charge on any atom is 0.251 e.